The minimum absolute atomic E-state index is 0.00403. The topological polar surface area (TPSA) is 349 Å². The zero-order valence-electron chi connectivity index (χ0n) is 73.6. The van der Waals surface area contributed by atoms with E-state index in [1.165, 1.54) is 60.5 Å². The number of piperidine rings is 2. The largest absolute Gasteiger partial charge is 0.497 e. The number of aromatic nitrogens is 8. The molecule has 2 aliphatic heterocycles. The van der Waals surface area contributed by atoms with E-state index in [1.54, 1.807) is 87.9 Å². The first-order valence-corrected chi connectivity index (χ1v) is 41.2. The number of aryl methyl sites for hydroxylation is 3. The molecule has 4 aromatic heterocycles. The number of hydrogen-bond donors (Lipinski definition) is 2. The van der Waals surface area contributed by atoms with Gasteiger partial charge in [-0.3, -0.25) is 4.79 Å². The number of anilines is 3. The Morgan fingerprint density at radius 2 is 0.721 bits per heavy atom. The highest BCUT2D eigenvalue weighted by Crippen LogP contribution is 2.36. The van der Waals surface area contributed by atoms with Crippen LogP contribution in [0.2, 0.25) is 15.7 Å². The van der Waals surface area contributed by atoms with Crippen LogP contribution in [0.5, 0.6) is 40.2 Å². The number of benzene rings is 5. The van der Waals surface area contributed by atoms with Gasteiger partial charge in [0.05, 0.1) is 112 Å². The van der Waals surface area contributed by atoms with E-state index in [9.17, 15) is 24.0 Å². The number of carbonyl (C=O) groups is 5. The van der Waals surface area contributed by atoms with Gasteiger partial charge in [-0.25, -0.2) is 59.0 Å². The van der Waals surface area contributed by atoms with Crippen LogP contribution in [0.15, 0.2) is 109 Å². The van der Waals surface area contributed by atoms with Gasteiger partial charge in [-0.15, -0.1) is 0 Å². The van der Waals surface area contributed by atoms with Gasteiger partial charge >= 0.3 is 23.9 Å². The summed E-state index contributed by atoms with van der Waals surface area (Å²) < 4.78 is 55.1. The first-order valence-electron chi connectivity index (χ1n) is 40.0. The van der Waals surface area contributed by atoms with Gasteiger partial charge in [0.15, 0.2) is 6.29 Å². The van der Waals surface area contributed by atoms with Crippen molar-refractivity contribution in [1.29, 1.82) is 0 Å². The summed E-state index contributed by atoms with van der Waals surface area (Å²) in [6, 6.07) is 35.0. The van der Waals surface area contributed by atoms with E-state index in [1.807, 2.05) is 91.9 Å². The lowest BCUT2D eigenvalue weighted by molar-refractivity contribution is 0.0588. The average molecular weight is 1740 g/mol. The van der Waals surface area contributed by atoms with Crippen molar-refractivity contribution in [3.8, 4) is 40.2 Å². The Labute approximate surface area is 731 Å². The van der Waals surface area contributed by atoms with E-state index in [0.717, 1.165) is 94.9 Å². The number of hydrogen-bond acceptors (Lipinski definition) is 28. The number of ether oxygens (including phenoxy) is 11. The lowest BCUT2D eigenvalue weighted by Gasteiger charge is -2.39. The number of esters is 4. The molecule has 3 aliphatic rings. The van der Waals surface area contributed by atoms with Gasteiger partial charge in [0.25, 0.3) is 0 Å². The highest BCUT2D eigenvalue weighted by molar-refractivity contribution is 6.34. The molecule has 0 unspecified atom stereocenters. The van der Waals surface area contributed by atoms with E-state index in [0.29, 0.717) is 119 Å². The number of nitrogens with two attached hydrogens (primary N) is 2. The molecule has 9 aromatic rings. The Kier molecular flexibility index (Phi) is 41.0. The SMILES string of the molecule is COC(=O)c1c(C)nc(Cl)nc1Cc1ccc(OC)cc1.COC(=O)c1c(C)nc(Cl)nc1Cl.COC(=O)c1c(C)nc(N2[C@H](C)CCC[C@@H]2C)nc1Cc1ccc(OC)cc1.COC(=O)c1c(C=O)nc(N2[C@H](C)CCC[C@@H]2C)nc1Cc1ccc(OC)cc1.COc1cc(OC)c(CN)c(OC)c1.COc1ccc(N)cc1.C[C@@H]1CCC[C@H](C)C1. The van der Waals surface area contributed by atoms with Crippen molar-refractivity contribution in [1.82, 2.24) is 39.9 Å². The van der Waals surface area contributed by atoms with Crippen molar-refractivity contribution in [2.45, 2.75) is 176 Å². The van der Waals surface area contributed by atoms with Crippen molar-refractivity contribution >= 4 is 82.6 Å². The molecule has 3 fully saturated rings. The molecule has 0 bridgehead atoms. The van der Waals surface area contributed by atoms with E-state index < -0.39 is 23.9 Å². The summed E-state index contributed by atoms with van der Waals surface area (Å²) in [5, 5.41) is 0.128. The van der Waals surface area contributed by atoms with E-state index in [-0.39, 0.29) is 44.6 Å². The number of halogens is 3. The van der Waals surface area contributed by atoms with Crippen LogP contribution < -0.4 is 54.4 Å². The Morgan fingerprint density at radius 1 is 0.402 bits per heavy atom. The van der Waals surface area contributed by atoms with Gasteiger partial charge < -0.3 is 73.4 Å². The number of nitrogens with zero attached hydrogens (tertiary/aromatic N) is 10. The van der Waals surface area contributed by atoms with Gasteiger partial charge in [0, 0.05) is 73.4 Å². The third-order valence-corrected chi connectivity index (χ3v) is 21.4. The summed E-state index contributed by atoms with van der Waals surface area (Å²) in [7, 11) is 16.5. The first kappa shape index (κ1) is 99.6. The predicted molar refractivity (Wildman–Crippen MR) is 474 cm³/mol. The lowest BCUT2D eigenvalue weighted by atomic mass is 9.84. The second-order valence-electron chi connectivity index (χ2n) is 29.4. The number of rotatable bonds is 21. The molecule has 658 valence electrons. The summed E-state index contributed by atoms with van der Waals surface area (Å²) in [6.07, 6.45) is 14.6. The van der Waals surface area contributed by atoms with Crippen molar-refractivity contribution in [2.75, 3.05) is 93.7 Å². The van der Waals surface area contributed by atoms with Crippen LogP contribution in [0.4, 0.5) is 17.6 Å². The third kappa shape index (κ3) is 29.0. The zero-order valence-corrected chi connectivity index (χ0v) is 75.9. The smallest absolute Gasteiger partial charge is 0.342 e. The molecule has 1 aliphatic carbocycles. The molecular weight excluding hydrogens is 1620 g/mol. The van der Waals surface area contributed by atoms with Gasteiger partial charge in [-0.2, -0.15) is 0 Å². The fourth-order valence-electron chi connectivity index (χ4n) is 14.4. The van der Waals surface area contributed by atoms with Crippen LogP contribution in [0.25, 0.3) is 0 Å². The van der Waals surface area contributed by atoms with Gasteiger partial charge in [-0.05, 0) is 206 Å². The fraction of sp³-hybridized carbons (Fsp3) is 0.440. The summed E-state index contributed by atoms with van der Waals surface area (Å²) in [5.74, 6) is 6.38. The van der Waals surface area contributed by atoms with E-state index >= 15 is 0 Å². The molecule has 5 aromatic carbocycles. The van der Waals surface area contributed by atoms with E-state index in [2.05, 4.69) is 81.0 Å². The summed E-state index contributed by atoms with van der Waals surface area (Å²) in [6.45, 7) is 19.0. The van der Waals surface area contributed by atoms with Crippen LogP contribution in [0.1, 0.15) is 214 Å². The molecule has 0 radical (unpaired) electrons. The monoisotopic (exact) mass is 1740 g/mol. The van der Waals surface area contributed by atoms with Crippen molar-refractivity contribution in [3.63, 3.8) is 0 Å². The second-order valence-corrected chi connectivity index (χ2v) is 30.4. The average Bonchev–Trinajstić information content (AvgIpc) is 0.791. The molecule has 122 heavy (non-hydrogen) atoms. The molecule has 2 saturated heterocycles. The number of methoxy groups -OCH3 is 11. The predicted octanol–water partition coefficient (Wildman–Crippen LogP) is 17.4. The maximum Gasteiger partial charge on any atom is 0.342 e. The number of carbonyl (C=O) groups excluding carboxylic acids is 5. The van der Waals surface area contributed by atoms with Crippen LogP contribution in [-0.4, -0.2) is 172 Å². The van der Waals surface area contributed by atoms with Crippen LogP contribution in [0, 0.1) is 32.6 Å². The highest BCUT2D eigenvalue weighted by atomic mass is 35.5. The Hall–Kier alpha value is -11.2. The van der Waals surface area contributed by atoms with Crippen molar-refractivity contribution in [3.05, 3.63) is 209 Å². The maximum absolute atomic E-state index is 12.4. The molecule has 12 rings (SSSR count). The molecule has 6 atom stereocenters. The minimum atomic E-state index is -0.609. The van der Waals surface area contributed by atoms with Crippen molar-refractivity contribution in [2.24, 2.45) is 17.6 Å². The lowest BCUT2D eigenvalue weighted by Crippen LogP contribution is -2.45. The second kappa shape index (κ2) is 50.3. The number of nitrogen functional groups attached to an aromatic ring is 1. The van der Waals surface area contributed by atoms with Crippen LogP contribution in [0.3, 0.4) is 0 Å². The third-order valence-electron chi connectivity index (χ3n) is 20.8. The molecule has 28 nitrogen and oxygen atoms in total. The number of aldehydes is 1. The van der Waals surface area contributed by atoms with Crippen LogP contribution >= 0.6 is 34.8 Å². The zero-order chi connectivity index (χ0) is 89.9. The summed E-state index contributed by atoms with van der Waals surface area (Å²) in [4.78, 5) is 98.4. The van der Waals surface area contributed by atoms with Gasteiger partial charge in [0.1, 0.15) is 73.3 Å². The standard InChI is InChI=1S/C22H27N3O4.C22H29N3O3.C15H15ClN2O3.C10H15NO3.C8H16.C7H6Cl2N2O2.C7H9NO/c1-14-6-5-7-15(2)25(14)22-23-18(12-16-8-10-17(28-3)11-9-16)20(21(27)29-4)19(13-26)24-22;1-14-7-6-8-15(2)25(14)22-23-16(3)20(21(26)28-5)19(24-22)13-17-9-11-18(27-4)12-10-17;1-9-13(14(19)21-3)12(18-15(16)17-9)8-10-4-6-11(20-2)7-5-10;1-12-7-4-9(13-2)8(6-11)10(5-7)14-3;1-7-4-3-5-8(2)6-7;1-3-4(6(12)13-2)5(8)11-7(9)10-3;1-9-7-4-2-6(8)3-5-7/h8-11,13-15H,5-7,12H2,1-4H3;9-12,14-15H,6-8,13H2,1-5H3;4-7H,8H2,1-3H3;4-5H,6,11H2,1-3H3;7-8H,3-6H2,1-2H3;1-2H3;2-5H,8H2,1H3/t2*14-,15+;;;7-,8+;;. The van der Waals surface area contributed by atoms with Crippen molar-refractivity contribution < 1.29 is 76.1 Å². The van der Waals surface area contributed by atoms with E-state index in [4.69, 9.17) is 109 Å². The summed E-state index contributed by atoms with van der Waals surface area (Å²) >= 11 is 17.1. The minimum Gasteiger partial charge on any atom is -0.497 e. The first-order chi connectivity index (χ1) is 58.4. The molecule has 6 heterocycles. The molecule has 4 N–H and O–H groups in total. The molecule has 0 amide bonds. The molecule has 0 spiro atoms. The quantitative estimate of drug-likeness (QED) is 0.0168. The molecule has 31 heteroatoms. The Balaban J connectivity index is 0.000000230. The normalized spacial score (nSPS) is 16.2. The van der Waals surface area contributed by atoms with Gasteiger partial charge in [-0.1, -0.05) is 81.1 Å². The van der Waals surface area contributed by atoms with Crippen LogP contribution in [-0.2, 0) is 44.8 Å². The van der Waals surface area contributed by atoms with Gasteiger partial charge in [0.2, 0.25) is 22.5 Å². The fourth-order valence-corrected chi connectivity index (χ4v) is 15.2. The Bertz CT molecular complexity index is 4790. The molecule has 1 saturated carbocycles. The summed E-state index contributed by atoms with van der Waals surface area (Å²) in [5.41, 5.74) is 20.0. The maximum atomic E-state index is 12.4. The Morgan fingerprint density at radius 3 is 1.06 bits per heavy atom. The molecular formula is C91H117Cl3N12O16. The highest BCUT2D eigenvalue weighted by Gasteiger charge is 2.33.